The number of ether oxygens (including phenoxy) is 1. The average Bonchev–Trinajstić information content (AvgIpc) is 2.43. The number of hydrogen-bond donors (Lipinski definition) is 3. The third-order valence-corrected chi connectivity index (χ3v) is 3.86. The van der Waals surface area contributed by atoms with E-state index in [0.29, 0.717) is 26.1 Å². The van der Waals surface area contributed by atoms with Gasteiger partial charge < -0.3 is 20.5 Å². The van der Waals surface area contributed by atoms with E-state index >= 15 is 0 Å². The molecule has 6 heteroatoms. The third-order valence-electron chi connectivity index (χ3n) is 3.86. The standard InChI is InChI=1S/C14H26N2O4/c1-3-4-5-11(2)16-13(19)15-10-14(12(17)18)6-8-20-9-7-14/h11H,3-10H2,1-2H3,(H,17,18)(H2,15,16,19). The molecule has 116 valence electrons. The van der Waals surface area contributed by atoms with Gasteiger partial charge in [-0.2, -0.15) is 0 Å². The second-order valence-electron chi connectivity index (χ2n) is 5.57. The molecule has 20 heavy (non-hydrogen) atoms. The Morgan fingerprint density at radius 1 is 1.35 bits per heavy atom. The highest BCUT2D eigenvalue weighted by Crippen LogP contribution is 2.29. The van der Waals surface area contributed by atoms with Crippen molar-refractivity contribution < 1.29 is 19.4 Å². The molecule has 1 aliphatic rings. The number of carbonyl (C=O) groups excluding carboxylic acids is 1. The quantitative estimate of drug-likeness (QED) is 0.665. The number of carbonyl (C=O) groups is 2. The summed E-state index contributed by atoms with van der Waals surface area (Å²) >= 11 is 0. The molecule has 3 N–H and O–H groups in total. The number of carboxylic acids is 1. The molecule has 1 heterocycles. The second-order valence-corrected chi connectivity index (χ2v) is 5.57. The van der Waals surface area contributed by atoms with Crippen molar-refractivity contribution in [2.45, 2.75) is 52.0 Å². The minimum atomic E-state index is -0.887. The van der Waals surface area contributed by atoms with Gasteiger partial charge in [0.05, 0.1) is 5.41 Å². The van der Waals surface area contributed by atoms with Gasteiger partial charge in [0, 0.05) is 25.8 Å². The Hall–Kier alpha value is -1.30. The van der Waals surface area contributed by atoms with Crippen LogP contribution in [0.2, 0.25) is 0 Å². The molecule has 6 nitrogen and oxygen atoms in total. The van der Waals surface area contributed by atoms with E-state index in [0.717, 1.165) is 19.3 Å². The Morgan fingerprint density at radius 3 is 2.55 bits per heavy atom. The molecular weight excluding hydrogens is 260 g/mol. The Balaban J connectivity index is 2.39. The molecule has 0 bridgehead atoms. The van der Waals surface area contributed by atoms with Crippen LogP contribution in [0.1, 0.15) is 46.0 Å². The van der Waals surface area contributed by atoms with Crippen LogP contribution in [-0.4, -0.2) is 42.9 Å². The molecular formula is C14H26N2O4. The maximum Gasteiger partial charge on any atom is 0.315 e. The molecule has 2 amide bonds. The lowest BCUT2D eigenvalue weighted by atomic mass is 9.80. The SMILES string of the molecule is CCCCC(C)NC(=O)NCC1(C(=O)O)CCOCC1. The van der Waals surface area contributed by atoms with Crippen LogP contribution in [0.15, 0.2) is 0 Å². The number of urea groups is 1. The van der Waals surface area contributed by atoms with Crippen molar-refractivity contribution in [1.29, 1.82) is 0 Å². The minimum Gasteiger partial charge on any atom is -0.481 e. The van der Waals surface area contributed by atoms with Gasteiger partial charge in [0.1, 0.15) is 0 Å². The molecule has 0 spiro atoms. The summed E-state index contributed by atoms with van der Waals surface area (Å²) in [5.41, 5.74) is -0.887. The van der Waals surface area contributed by atoms with Crippen LogP contribution >= 0.6 is 0 Å². The van der Waals surface area contributed by atoms with Crippen molar-refractivity contribution in [3.8, 4) is 0 Å². The molecule has 0 radical (unpaired) electrons. The fraction of sp³-hybridized carbons (Fsp3) is 0.857. The fourth-order valence-corrected chi connectivity index (χ4v) is 2.34. The van der Waals surface area contributed by atoms with Crippen molar-refractivity contribution in [1.82, 2.24) is 10.6 Å². The average molecular weight is 286 g/mol. The predicted molar refractivity (Wildman–Crippen MR) is 75.6 cm³/mol. The molecule has 1 fully saturated rings. The van der Waals surface area contributed by atoms with E-state index in [9.17, 15) is 14.7 Å². The largest absolute Gasteiger partial charge is 0.481 e. The van der Waals surface area contributed by atoms with Gasteiger partial charge in [-0.3, -0.25) is 4.79 Å². The summed E-state index contributed by atoms with van der Waals surface area (Å²) in [7, 11) is 0. The number of amides is 2. The van der Waals surface area contributed by atoms with E-state index in [-0.39, 0.29) is 18.6 Å². The van der Waals surface area contributed by atoms with Crippen molar-refractivity contribution >= 4 is 12.0 Å². The number of rotatable bonds is 7. The molecule has 1 saturated heterocycles. The summed E-state index contributed by atoms with van der Waals surface area (Å²) in [6.45, 7) is 5.08. The maximum atomic E-state index is 11.8. The molecule has 1 aliphatic heterocycles. The summed E-state index contributed by atoms with van der Waals surface area (Å²) in [5, 5.41) is 14.9. The third kappa shape index (κ3) is 5.00. The highest BCUT2D eigenvalue weighted by atomic mass is 16.5. The number of carboxylic acid groups (broad SMARTS) is 1. The van der Waals surface area contributed by atoms with E-state index in [1.165, 1.54) is 0 Å². The highest BCUT2D eigenvalue weighted by molar-refractivity contribution is 5.78. The molecule has 1 rings (SSSR count). The van der Waals surface area contributed by atoms with E-state index in [2.05, 4.69) is 17.6 Å². The first kappa shape index (κ1) is 16.8. The Bertz CT molecular complexity index is 327. The summed E-state index contributed by atoms with van der Waals surface area (Å²) in [6, 6.07) is -0.189. The normalized spacial score (nSPS) is 19.1. The van der Waals surface area contributed by atoms with Gasteiger partial charge in [0.25, 0.3) is 0 Å². The Labute approximate surface area is 120 Å². The van der Waals surface area contributed by atoms with Crippen LogP contribution in [0.3, 0.4) is 0 Å². The van der Waals surface area contributed by atoms with Crippen LogP contribution in [0.25, 0.3) is 0 Å². The summed E-state index contributed by atoms with van der Waals surface area (Å²) < 4.78 is 5.20. The van der Waals surface area contributed by atoms with Gasteiger partial charge in [-0.15, -0.1) is 0 Å². The maximum absolute atomic E-state index is 11.8. The zero-order valence-corrected chi connectivity index (χ0v) is 12.4. The van der Waals surface area contributed by atoms with Gasteiger partial charge >= 0.3 is 12.0 Å². The van der Waals surface area contributed by atoms with Gasteiger partial charge in [-0.1, -0.05) is 19.8 Å². The number of hydrogen-bond acceptors (Lipinski definition) is 3. The van der Waals surface area contributed by atoms with E-state index in [1.54, 1.807) is 0 Å². The lowest BCUT2D eigenvalue weighted by Crippen LogP contribution is -2.50. The topological polar surface area (TPSA) is 87.7 Å². The minimum absolute atomic E-state index is 0.102. The molecule has 0 aromatic rings. The van der Waals surface area contributed by atoms with Crippen molar-refractivity contribution in [2.75, 3.05) is 19.8 Å². The second kappa shape index (κ2) is 8.09. The number of aliphatic carboxylic acids is 1. The first-order valence-electron chi connectivity index (χ1n) is 7.35. The van der Waals surface area contributed by atoms with Crippen LogP contribution in [0.5, 0.6) is 0 Å². The van der Waals surface area contributed by atoms with Crippen LogP contribution in [-0.2, 0) is 9.53 Å². The van der Waals surface area contributed by atoms with Crippen molar-refractivity contribution in [3.63, 3.8) is 0 Å². The summed E-state index contributed by atoms with van der Waals surface area (Å²) in [6.07, 6.45) is 3.97. The van der Waals surface area contributed by atoms with Crippen LogP contribution in [0.4, 0.5) is 4.79 Å². The zero-order chi connectivity index (χ0) is 15.0. The van der Waals surface area contributed by atoms with Gasteiger partial charge in [-0.05, 0) is 26.2 Å². The molecule has 0 aromatic heterocycles. The molecule has 1 unspecified atom stereocenters. The van der Waals surface area contributed by atoms with E-state index in [4.69, 9.17) is 4.74 Å². The molecule has 1 atom stereocenters. The monoisotopic (exact) mass is 286 g/mol. The molecule has 0 saturated carbocycles. The molecule has 0 aliphatic carbocycles. The highest BCUT2D eigenvalue weighted by Gasteiger charge is 2.40. The van der Waals surface area contributed by atoms with Crippen molar-refractivity contribution in [3.05, 3.63) is 0 Å². The number of unbranched alkanes of at least 4 members (excludes halogenated alkanes) is 1. The van der Waals surface area contributed by atoms with Crippen molar-refractivity contribution in [2.24, 2.45) is 5.41 Å². The molecule has 0 aromatic carbocycles. The lowest BCUT2D eigenvalue weighted by molar-refractivity contribution is -0.154. The van der Waals surface area contributed by atoms with E-state index < -0.39 is 11.4 Å². The van der Waals surface area contributed by atoms with Gasteiger partial charge in [0.15, 0.2) is 0 Å². The Morgan fingerprint density at radius 2 is 2.00 bits per heavy atom. The van der Waals surface area contributed by atoms with Gasteiger partial charge in [-0.25, -0.2) is 4.79 Å². The summed E-state index contributed by atoms with van der Waals surface area (Å²) in [5.74, 6) is -0.861. The predicted octanol–water partition coefficient (Wildman–Crippen LogP) is 1.75. The lowest BCUT2D eigenvalue weighted by Gasteiger charge is -2.33. The smallest absolute Gasteiger partial charge is 0.315 e. The fourth-order valence-electron chi connectivity index (χ4n) is 2.34. The zero-order valence-electron chi connectivity index (χ0n) is 12.4. The number of nitrogens with one attached hydrogen (secondary N) is 2. The summed E-state index contributed by atoms with van der Waals surface area (Å²) in [4.78, 5) is 23.2. The first-order valence-corrected chi connectivity index (χ1v) is 7.35. The first-order chi connectivity index (χ1) is 9.50. The van der Waals surface area contributed by atoms with Crippen LogP contribution in [0, 0.1) is 5.41 Å². The van der Waals surface area contributed by atoms with Crippen LogP contribution < -0.4 is 10.6 Å². The van der Waals surface area contributed by atoms with Gasteiger partial charge in [0.2, 0.25) is 0 Å². The Kier molecular flexibility index (Phi) is 6.78. The van der Waals surface area contributed by atoms with E-state index in [1.807, 2.05) is 6.92 Å².